The van der Waals surface area contributed by atoms with Gasteiger partial charge in [-0.25, -0.2) is 4.98 Å². The molecule has 3 nitrogen and oxygen atoms in total. The smallest absolute Gasteiger partial charge is 0.303 e. The molecule has 0 fully saturated rings. The van der Waals surface area contributed by atoms with Gasteiger partial charge in [0.15, 0.2) is 0 Å². The predicted octanol–water partition coefficient (Wildman–Crippen LogP) is 5.85. The molecule has 3 rings (SSSR count). The van der Waals surface area contributed by atoms with Gasteiger partial charge >= 0.3 is 5.97 Å². The lowest BCUT2D eigenvalue weighted by Crippen LogP contribution is -1.94. The molecule has 0 saturated carbocycles. The zero-order valence-electron chi connectivity index (χ0n) is 12.9. The fourth-order valence-corrected chi connectivity index (χ4v) is 3.71. The molecule has 0 aliphatic carbocycles. The number of nitrogens with zero attached hydrogens (tertiary/aromatic N) is 1. The molecule has 122 valence electrons. The summed E-state index contributed by atoms with van der Waals surface area (Å²) >= 11 is 5.09. The minimum atomic E-state index is -0.762. The van der Waals surface area contributed by atoms with E-state index in [4.69, 9.17) is 10.1 Å². The van der Waals surface area contributed by atoms with E-state index in [1.807, 2.05) is 42.5 Å². The van der Waals surface area contributed by atoms with E-state index >= 15 is 0 Å². The van der Waals surface area contributed by atoms with Crippen LogP contribution in [-0.2, 0) is 4.79 Å². The van der Waals surface area contributed by atoms with Crippen LogP contribution in [0.15, 0.2) is 53.0 Å². The molecule has 0 radical (unpaired) electrons. The van der Waals surface area contributed by atoms with Gasteiger partial charge in [0.2, 0.25) is 0 Å². The maximum atomic E-state index is 10.8. The number of carboxylic acid groups (broad SMARTS) is 1. The molecule has 5 heteroatoms. The van der Waals surface area contributed by atoms with Crippen molar-refractivity contribution in [2.75, 3.05) is 0 Å². The van der Waals surface area contributed by atoms with Crippen molar-refractivity contribution < 1.29 is 9.90 Å². The number of para-hydroxylation sites is 1. The number of aromatic nitrogens is 1. The lowest BCUT2D eigenvalue weighted by Gasteiger charge is -2.04. The second-order valence-corrected chi connectivity index (χ2v) is 7.40. The Morgan fingerprint density at radius 3 is 2.58 bits per heavy atom. The van der Waals surface area contributed by atoms with Gasteiger partial charge in [-0.15, -0.1) is 11.3 Å². The molecule has 0 saturated heterocycles. The van der Waals surface area contributed by atoms with E-state index in [1.165, 1.54) is 0 Å². The number of halogens is 1. The van der Waals surface area contributed by atoms with Crippen molar-refractivity contribution in [1.29, 1.82) is 0 Å². The Bertz CT molecular complexity index is 851. The summed E-state index contributed by atoms with van der Waals surface area (Å²) in [5.74, 6) is -0.762. The summed E-state index contributed by atoms with van der Waals surface area (Å²) < 4.78 is 2.18. The summed E-state index contributed by atoms with van der Waals surface area (Å²) in [5.41, 5.74) is 3.15. The first-order valence-corrected chi connectivity index (χ1v) is 9.26. The quantitative estimate of drug-likeness (QED) is 0.562. The minimum Gasteiger partial charge on any atom is -0.481 e. The van der Waals surface area contributed by atoms with E-state index in [0.29, 0.717) is 12.8 Å². The second kappa shape index (κ2) is 7.73. The van der Waals surface area contributed by atoms with Crippen LogP contribution in [-0.4, -0.2) is 16.1 Å². The zero-order chi connectivity index (χ0) is 16.9. The SMILES string of the molecule is O=C(O)CCC/C(=C\c1ccc(Br)cc1)c1nc2ccccc2s1. The molecule has 1 aromatic heterocycles. The van der Waals surface area contributed by atoms with Crippen molar-refractivity contribution in [2.24, 2.45) is 0 Å². The topological polar surface area (TPSA) is 50.2 Å². The molecular formula is C19H16BrNO2S. The molecule has 0 aliphatic heterocycles. The average Bonchev–Trinajstić information content (AvgIpc) is 2.99. The van der Waals surface area contributed by atoms with Crippen molar-refractivity contribution >= 4 is 55.1 Å². The molecule has 0 spiro atoms. The highest BCUT2D eigenvalue weighted by atomic mass is 79.9. The number of allylic oxidation sites excluding steroid dienone is 1. The Labute approximate surface area is 152 Å². The summed E-state index contributed by atoms with van der Waals surface area (Å²) in [4.78, 5) is 15.5. The zero-order valence-corrected chi connectivity index (χ0v) is 15.3. The number of carbonyl (C=O) groups is 1. The van der Waals surface area contributed by atoms with E-state index < -0.39 is 5.97 Å². The third-order valence-corrected chi connectivity index (χ3v) is 5.26. The van der Waals surface area contributed by atoms with E-state index in [-0.39, 0.29) is 6.42 Å². The number of hydrogen-bond acceptors (Lipinski definition) is 3. The van der Waals surface area contributed by atoms with E-state index in [1.54, 1.807) is 11.3 Å². The van der Waals surface area contributed by atoms with Crippen LogP contribution in [0.2, 0.25) is 0 Å². The minimum absolute atomic E-state index is 0.169. The van der Waals surface area contributed by atoms with Gasteiger partial charge in [0.25, 0.3) is 0 Å². The number of aliphatic carboxylic acids is 1. The molecular weight excluding hydrogens is 386 g/mol. The monoisotopic (exact) mass is 401 g/mol. The molecule has 2 aromatic carbocycles. The van der Waals surface area contributed by atoms with Crippen LogP contribution >= 0.6 is 27.3 Å². The van der Waals surface area contributed by atoms with Crippen LogP contribution in [0.5, 0.6) is 0 Å². The first-order chi connectivity index (χ1) is 11.6. The summed E-state index contributed by atoms with van der Waals surface area (Å²) in [5, 5.41) is 9.86. The second-order valence-electron chi connectivity index (χ2n) is 5.46. The van der Waals surface area contributed by atoms with Gasteiger partial charge < -0.3 is 5.11 Å². The highest BCUT2D eigenvalue weighted by Crippen LogP contribution is 2.31. The van der Waals surface area contributed by atoms with Crippen molar-refractivity contribution in [3.05, 3.63) is 63.6 Å². The Morgan fingerprint density at radius 2 is 1.88 bits per heavy atom. The third-order valence-electron chi connectivity index (χ3n) is 3.62. The summed E-state index contributed by atoms with van der Waals surface area (Å²) in [7, 11) is 0. The lowest BCUT2D eigenvalue weighted by atomic mass is 10.1. The van der Waals surface area contributed by atoms with Crippen LogP contribution in [0.4, 0.5) is 0 Å². The Kier molecular flexibility index (Phi) is 5.43. The first-order valence-electron chi connectivity index (χ1n) is 7.66. The van der Waals surface area contributed by atoms with Crippen LogP contribution in [0, 0.1) is 0 Å². The van der Waals surface area contributed by atoms with E-state index in [2.05, 4.69) is 28.1 Å². The predicted molar refractivity (Wildman–Crippen MR) is 103 cm³/mol. The number of fused-ring (bicyclic) bond motifs is 1. The number of benzene rings is 2. The molecule has 0 bridgehead atoms. The highest BCUT2D eigenvalue weighted by Gasteiger charge is 2.10. The number of thiazole rings is 1. The normalized spacial score (nSPS) is 11.8. The maximum Gasteiger partial charge on any atom is 0.303 e. The van der Waals surface area contributed by atoms with E-state index in [9.17, 15) is 4.79 Å². The van der Waals surface area contributed by atoms with E-state index in [0.717, 1.165) is 30.8 Å². The van der Waals surface area contributed by atoms with Crippen LogP contribution in [0.1, 0.15) is 29.8 Å². The fourth-order valence-electron chi connectivity index (χ4n) is 2.44. The third kappa shape index (κ3) is 4.30. The standard InChI is InChI=1S/C19H16BrNO2S/c20-15-10-8-13(9-11-15)12-14(4-3-7-18(22)23)19-21-16-5-1-2-6-17(16)24-19/h1-2,5-6,8-12H,3-4,7H2,(H,22,23)/b14-12+. The van der Waals surface area contributed by atoms with Gasteiger partial charge in [-0.05, 0) is 54.3 Å². The number of rotatable bonds is 6. The lowest BCUT2D eigenvalue weighted by molar-refractivity contribution is -0.137. The highest BCUT2D eigenvalue weighted by molar-refractivity contribution is 9.10. The molecule has 24 heavy (non-hydrogen) atoms. The van der Waals surface area contributed by atoms with Gasteiger partial charge in [0, 0.05) is 10.9 Å². The molecule has 0 unspecified atom stereocenters. The Morgan fingerprint density at radius 1 is 1.12 bits per heavy atom. The molecule has 3 aromatic rings. The summed E-state index contributed by atoms with van der Waals surface area (Å²) in [6.45, 7) is 0. The molecule has 1 N–H and O–H groups in total. The van der Waals surface area contributed by atoms with Gasteiger partial charge in [-0.3, -0.25) is 4.79 Å². The average molecular weight is 402 g/mol. The number of hydrogen-bond donors (Lipinski definition) is 1. The van der Waals surface area contributed by atoms with Gasteiger partial charge in [0.1, 0.15) is 5.01 Å². The number of carboxylic acids is 1. The van der Waals surface area contributed by atoms with Gasteiger partial charge in [-0.1, -0.05) is 40.2 Å². The summed E-state index contributed by atoms with van der Waals surface area (Å²) in [6, 6.07) is 16.1. The first kappa shape index (κ1) is 16.9. The van der Waals surface area contributed by atoms with Crippen molar-refractivity contribution in [3.63, 3.8) is 0 Å². The van der Waals surface area contributed by atoms with Crippen molar-refractivity contribution in [1.82, 2.24) is 4.98 Å². The molecule has 1 heterocycles. The van der Waals surface area contributed by atoms with Gasteiger partial charge in [0.05, 0.1) is 10.2 Å². The maximum absolute atomic E-state index is 10.8. The van der Waals surface area contributed by atoms with Gasteiger partial charge in [-0.2, -0.15) is 0 Å². The fraction of sp³-hybridized carbons (Fsp3) is 0.158. The summed E-state index contributed by atoms with van der Waals surface area (Å²) in [6.07, 6.45) is 3.57. The van der Waals surface area contributed by atoms with Crippen LogP contribution in [0.3, 0.4) is 0 Å². The molecule has 0 aliphatic rings. The van der Waals surface area contributed by atoms with Crippen molar-refractivity contribution in [2.45, 2.75) is 19.3 Å². The Balaban J connectivity index is 1.93. The molecule has 0 atom stereocenters. The Hall–Kier alpha value is -1.98. The van der Waals surface area contributed by atoms with Crippen LogP contribution < -0.4 is 0 Å². The largest absolute Gasteiger partial charge is 0.481 e. The molecule has 0 amide bonds. The van der Waals surface area contributed by atoms with Crippen molar-refractivity contribution in [3.8, 4) is 0 Å². The van der Waals surface area contributed by atoms with Crippen LogP contribution in [0.25, 0.3) is 21.9 Å².